The van der Waals surface area contributed by atoms with Gasteiger partial charge in [0.25, 0.3) is 0 Å². The highest BCUT2D eigenvalue weighted by atomic mass is 32.2. The standard InChI is InChI=1S/C25H25FN2OS/c1-16-6-9-18(10-7-16)30-28-13-12-20-24(15-29)27-23-11-8-17(14-21(23)25(20)28)19-4-2-3-5-22(19)26/h2-11,14,20,24-25,27,29H,12-13,15H2,1H3. The number of rotatable bonds is 4. The van der Waals surface area contributed by atoms with Gasteiger partial charge in [0.15, 0.2) is 0 Å². The van der Waals surface area contributed by atoms with Crippen LogP contribution in [0.1, 0.15) is 23.6 Å². The fourth-order valence-electron chi connectivity index (χ4n) is 4.72. The van der Waals surface area contributed by atoms with Crippen molar-refractivity contribution in [3.8, 4) is 11.1 Å². The second kappa shape index (κ2) is 8.06. The number of fused-ring (bicyclic) bond motifs is 3. The third-order valence-electron chi connectivity index (χ3n) is 6.25. The lowest BCUT2D eigenvalue weighted by Crippen LogP contribution is -2.40. The Morgan fingerprint density at radius 3 is 2.67 bits per heavy atom. The number of aryl methyl sites for hydroxylation is 1. The highest BCUT2D eigenvalue weighted by molar-refractivity contribution is 7.97. The van der Waals surface area contributed by atoms with E-state index in [1.54, 1.807) is 18.0 Å². The van der Waals surface area contributed by atoms with Crippen molar-refractivity contribution >= 4 is 17.6 Å². The van der Waals surface area contributed by atoms with Crippen LogP contribution in [0.25, 0.3) is 11.1 Å². The van der Waals surface area contributed by atoms with Gasteiger partial charge in [-0.25, -0.2) is 8.70 Å². The number of hydrogen-bond acceptors (Lipinski definition) is 4. The first-order chi connectivity index (χ1) is 14.6. The molecule has 154 valence electrons. The third kappa shape index (κ3) is 3.51. The average molecular weight is 421 g/mol. The van der Waals surface area contributed by atoms with Gasteiger partial charge in [0.2, 0.25) is 0 Å². The van der Waals surface area contributed by atoms with Crippen LogP contribution in [0.5, 0.6) is 0 Å². The lowest BCUT2D eigenvalue weighted by molar-refractivity contribution is 0.213. The van der Waals surface area contributed by atoms with Gasteiger partial charge in [0.05, 0.1) is 18.7 Å². The molecular weight excluding hydrogens is 395 g/mol. The molecule has 3 unspecified atom stereocenters. The molecular formula is C25H25FN2OS. The van der Waals surface area contributed by atoms with Gasteiger partial charge >= 0.3 is 0 Å². The molecule has 2 aliphatic heterocycles. The fourth-order valence-corrected chi connectivity index (χ4v) is 5.83. The van der Waals surface area contributed by atoms with Crippen molar-refractivity contribution < 1.29 is 9.50 Å². The van der Waals surface area contributed by atoms with Crippen molar-refractivity contribution in [1.29, 1.82) is 0 Å². The number of nitrogens with zero attached hydrogens (tertiary/aromatic N) is 1. The lowest BCUT2D eigenvalue weighted by atomic mass is 9.82. The molecule has 0 aliphatic carbocycles. The Balaban J connectivity index is 1.54. The van der Waals surface area contributed by atoms with Crippen LogP contribution in [0.3, 0.4) is 0 Å². The Morgan fingerprint density at radius 1 is 1.10 bits per heavy atom. The summed E-state index contributed by atoms with van der Waals surface area (Å²) in [6.45, 7) is 3.16. The largest absolute Gasteiger partial charge is 0.394 e. The zero-order chi connectivity index (χ0) is 20.7. The molecule has 5 heteroatoms. The van der Waals surface area contributed by atoms with Crippen LogP contribution in [0, 0.1) is 18.7 Å². The summed E-state index contributed by atoms with van der Waals surface area (Å²) in [5, 5.41) is 13.5. The molecule has 2 heterocycles. The first-order valence-electron chi connectivity index (χ1n) is 10.4. The van der Waals surface area contributed by atoms with E-state index in [-0.39, 0.29) is 24.5 Å². The summed E-state index contributed by atoms with van der Waals surface area (Å²) in [5.41, 5.74) is 4.98. The van der Waals surface area contributed by atoms with Crippen molar-refractivity contribution in [2.45, 2.75) is 30.3 Å². The maximum atomic E-state index is 14.4. The minimum Gasteiger partial charge on any atom is -0.394 e. The van der Waals surface area contributed by atoms with Crippen molar-refractivity contribution in [3.63, 3.8) is 0 Å². The monoisotopic (exact) mass is 420 g/mol. The molecule has 3 atom stereocenters. The minimum absolute atomic E-state index is 0.0328. The van der Waals surface area contributed by atoms with Crippen molar-refractivity contribution in [2.24, 2.45) is 5.92 Å². The number of aliphatic hydroxyl groups is 1. The van der Waals surface area contributed by atoms with Crippen LogP contribution in [0.15, 0.2) is 71.6 Å². The van der Waals surface area contributed by atoms with Crippen LogP contribution in [0.4, 0.5) is 10.1 Å². The molecule has 30 heavy (non-hydrogen) atoms. The van der Waals surface area contributed by atoms with Crippen LogP contribution < -0.4 is 5.32 Å². The van der Waals surface area contributed by atoms with Gasteiger partial charge in [-0.2, -0.15) is 0 Å². The molecule has 0 spiro atoms. The molecule has 3 aromatic carbocycles. The second-order valence-corrected chi connectivity index (χ2v) is 9.28. The van der Waals surface area contributed by atoms with Gasteiger partial charge in [0.1, 0.15) is 5.82 Å². The molecule has 3 nitrogen and oxygen atoms in total. The molecule has 0 aromatic heterocycles. The minimum atomic E-state index is -0.205. The Kier molecular flexibility index (Phi) is 5.27. The number of halogens is 1. The molecule has 5 rings (SSSR count). The number of hydrogen-bond donors (Lipinski definition) is 2. The van der Waals surface area contributed by atoms with E-state index >= 15 is 0 Å². The molecule has 3 aromatic rings. The predicted octanol–water partition coefficient (Wildman–Crippen LogP) is 5.66. The van der Waals surface area contributed by atoms with Gasteiger partial charge in [-0.15, -0.1) is 0 Å². The summed E-state index contributed by atoms with van der Waals surface area (Å²) in [6, 6.07) is 21.9. The van der Waals surface area contributed by atoms with Crippen molar-refractivity contribution in [1.82, 2.24) is 4.31 Å². The quantitative estimate of drug-likeness (QED) is 0.534. The normalized spacial score (nSPS) is 23.0. The van der Waals surface area contributed by atoms with Gasteiger partial charge < -0.3 is 10.4 Å². The number of nitrogens with one attached hydrogen (secondary N) is 1. The molecule has 0 bridgehead atoms. The molecule has 2 N–H and O–H groups in total. The Bertz CT molecular complexity index is 1060. The topological polar surface area (TPSA) is 35.5 Å². The van der Waals surface area contributed by atoms with E-state index in [0.29, 0.717) is 11.5 Å². The molecule has 1 fully saturated rings. The van der Waals surface area contributed by atoms with Crippen molar-refractivity contribution in [3.05, 3.63) is 83.7 Å². The maximum absolute atomic E-state index is 14.4. The lowest BCUT2D eigenvalue weighted by Gasteiger charge is -2.39. The smallest absolute Gasteiger partial charge is 0.131 e. The van der Waals surface area contributed by atoms with Crippen LogP contribution in [-0.2, 0) is 0 Å². The Hall–Kier alpha value is -2.34. The Labute approximate surface area is 181 Å². The van der Waals surface area contributed by atoms with E-state index < -0.39 is 0 Å². The zero-order valence-corrected chi connectivity index (χ0v) is 17.7. The summed E-state index contributed by atoms with van der Waals surface area (Å²) < 4.78 is 16.9. The fraction of sp³-hybridized carbons (Fsp3) is 0.280. The van der Waals surface area contributed by atoms with E-state index in [1.165, 1.54) is 22.1 Å². The molecule has 0 amide bonds. The van der Waals surface area contributed by atoms with E-state index in [0.717, 1.165) is 24.2 Å². The highest BCUT2D eigenvalue weighted by Gasteiger charge is 2.44. The van der Waals surface area contributed by atoms with E-state index in [9.17, 15) is 9.50 Å². The van der Waals surface area contributed by atoms with E-state index in [4.69, 9.17) is 0 Å². The SMILES string of the molecule is Cc1ccc(SN2CCC3C(CO)Nc4ccc(-c5ccccc5F)cc4C32)cc1. The predicted molar refractivity (Wildman–Crippen MR) is 121 cm³/mol. The van der Waals surface area contributed by atoms with E-state index in [2.05, 4.69) is 46.9 Å². The summed E-state index contributed by atoms with van der Waals surface area (Å²) >= 11 is 1.78. The first-order valence-corrected chi connectivity index (χ1v) is 11.2. The second-order valence-electron chi connectivity index (χ2n) is 8.16. The number of anilines is 1. The van der Waals surface area contributed by atoms with E-state index in [1.807, 2.05) is 24.3 Å². The average Bonchev–Trinajstić information content (AvgIpc) is 3.19. The maximum Gasteiger partial charge on any atom is 0.131 e. The van der Waals surface area contributed by atoms with Crippen LogP contribution >= 0.6 is 11.9 Å². The highest BCUT2D eigenvalue weighted by Crippen LogP contribution is 2.50. The first kappa shape index (κ1) is 19.6. The van der Waals surface area contributed by atoms with Crippen LogP contribution in [-0.4, -0.2) is 28.6 Å². The van der Waals surface area contributed by atoms with Gasteiger partial charge in [-0.1, -0.05) is 42.0 Å². The summed E-state index contributed by atoms with van der Waals surface area (Å²) in [6.07, 6.45) is 1.02. The van der Waals surface area contributed by atoms with Crippen LogP contribution in [0.2, 0.25) is 0 Å². The van der Waals surface area contributed by atoms with Gasteiger partial charge in [-0.3, -0.25) is 0 Å². The molecule has 0 saturated carbocycles. The van der Waals surface area contributed by atoms with Crippen molar-refractivity contribution in [2.75, 3.05) is 18.5 Å². The number of aliphatic hydroxyl groups excluding tert-OH is 1. The molecule has 1 saturated heterocycles. The summed E-state index contributed by atoms with van der Waals surface area (Å²) in [7, 11) is 0. The van der Waals surface area contributed by atoms with Gasteiger partial charge in [0, 0.05) is 28.6 Å². The summed E-state index contributed by atoms with van der Waals surface area (Å²) in [5.74, 6) is 0.111. The summed E-state index contributed by atoms with van der Waals surface area (Å²) in [4.78, 5) is 1.21. The van der Waals surface area contributed by atoms with Gasteiger partial charge in [-0.05, 0) is 66.8 Å². The zero-order valence-electron chi connectivity index (χ0n) is 16.9. The Morgan fingerprint density at radius 2 is 1.90 bits per heavy atom. The number of benzene rings is 3. The third-order valence-corrected chi connectivity index (χ3v) is 7.38. The molecule has 0 radical (unpaired) electrons. The molecule has 2 aliphatic rings.